The molecule has 0 unspecified atom stereocenters. The van der Waals surface area contributed by atoms with Gasteiger partial charge in [0.25, 0.3) is 5.91 Å². The molecule has 0 saturated carbocycles. The fourth-order valence-corrected chi connectivity index (χ4v) is 5.95. The quantitative estimate of drug-likeness (QED) is 0.325. The van der Waals surface area contributed by atoms with Gasteiger partial charge in [-0.2, -0.15) is 5.10 Å². The molecule has 4 aromatic rings. The second-order valence-electron chi connectivity index (χ2n) is 10.5. The fourth-order valence-electron chi connectivity index (χ4n) is 5.78. The van der Waals surface area contributed by atoms with Crippen LogP contribution in [0, 0.1) is 5.82 Å². The van der Waals surface area contributed by atoms with Gasteiger partial charge >= 0.3 is 5.97 Å². The maximum atomic E-state index is 14.7. The molecule has 3 aromatic carbocycles. The van der Waals surface area contributed by atoms with Crippen molar-refractivity contribution in [2.45, 2.75) is 18.9 Å². The molecule has 2 aliphatic heterocycles. The van der Waals surface area contributed by atoms with E-state index in [4.69, 9.17) is 16.3 Å². The van der Waals surface area contributed by atoms with Gasteiger partial charge in [0.2, 0.25) is 0 Å². The molecule has 0 bridgehead atoms. The average molecular weight is 603 g/mol. The zero-order valence-corrected chi connectivity index (χ0v) is 23.8. The first-order chi connectivity index (χ1) is 20.8. The molecule has 43 heavy (non-hydrogen) atoms. The third-order valence-corrected chi connectivity index (χ3v) is 8.19. The van der Waals surface area contributed by atoms with Crippen LogP contribution in [0.4, 0.5) is 10.1 Å². The number of hydrogen-bond acceptors (Lipinski definition) is 6. The zero-order chi connectivity index (χ0) is 30.1. The molecule has 0 spiro atoms. The molecule has 2 aliphatic rings. The lowest BCUT2D eigenvalue weighted by Crippen LogP contribution is -2.45. The van der Waals surface area contributed by atoms with Gasteiger partial charge in [0.15, 0.2) is 11.6 Å². The van der Waals surface area contributed by atoms with Gasteiger partial charge < -0.3 is 19.6 Å². The normalized spacial score (nSPS) is 16.6. The lowest BCUT2D eigenvalue weighted by atomic mass is 9.86. The predicted molar refractivity (Wildman–Crippen MR) is 158 cm³/mol. The van der Waals surface area contributed by atoms with Crippen LogP contribution in [0.5, 0.6) is 0 Å². The topological polar surface area (TPSA) is 105 Å². The van der Waals surface area contributed by atoms with Crippen molar-refractivity contribution < 1.29 is 28.6 Å². The maximum absolute atomic E-state index is 14.7. The first-order valence-electron chi connectivity index (χ1n) is 13.9. The number of hydrogen-bond donors (Lipinski definition) is 1. The van der Waals surface area contributed by atoms with Gasteiger partial charge in [-0.15, -0.1) is 0 Å². The number of amides is 1. The Morgan fingerprint density at radius 2 is 1.67 bits per heavy atom. The Balaban J connectivity index is 1.35. The molecule has 1 saturated heterocycles. The number of morpholine rings is 1. The van der Waals surface area contributed by atoms with Crippen molar-refractivity contribution in [2.24, 2.45) is 0 Å². The minimum atomic E-state index is -1.05. The SMILES string of the molecule is O=C(O)c1ccc(CC(=O)[C@H]2c3cccc(N4CCOCC4)c3CCN2C(=O)c2cnn(-c3cccc(Cl)c3F)c2)cc1. The number of carbonyl (C=O) groups is 3. The van der Waals surface area contributed by atoms with Gasteiger partial charge in [-0.05, 0) is 53.4 Å². The Morgan fingerprint density at radius 3 is 2.42 bits per heavy atom. The van der Waals surface area contributed by atoms with E-state index < -0.39 is 23.7 Å². The molecular formula is C32H28ClFN4O5. The lowest BCUT2D eigenvalue weighted by molar-refractivity contribution is -0.123. The molecule has 9 nitrogen and oxygen atoms in total. The summed E-state index contributed by atoms with van der Waals surface area (Å²) in [4.78, 5) is 43.2. The molecule has 6 rings (SSSR count). The van der Waals surface area contributed by atoms with Crippen LogP contribution >= 0.6 is 11.6 Å². The van der Waals surface area contributed by atoms with E-state index in [1.807, 2.05) is 18.2 Å². The van der Waals surface area contributed by atoms with Crippen molar-refractivity contribution in [1.82, 2.24) is 14.7 Å². The summed E-state index contributed by atoms with van der Waals surface area (Å²) in [6.07, 6.45) is 3.34. The van der Waals surface area contributed by atoms with Gasteiger partial charge in [-0.3, -0.25) is 9.59 Å². The summed E-state index contributed by atoms with van der Waals surface area (Å²) >= 11 is 5.95. The predicted octanol–water partition coefficient (Wildman–Crippen LogP) is 4.75. The number of ether oxygens (including phenoxy) is 1. The highest BCUT2D eigenvalue weighted by atomic mass is 35.5. The summed E-state index contributed by atoms with van der Waals surface area (Å²) in [6, 6.07) is 15.6. The standard InChI is InChI=1S/C32H28ClFN4O5/c33-25-4-2-6-27(29(25)34)38-19-22(18-35-38)31(40)37-12-11-23-24(3-1-5-26(23)36-13-15-43-16-14-36)30(37)28(39)17-20-7-9-21(10-8-20)32(41)42/h1-10,18-19,30H,11-17H2,(H,41,42)/t30-/m1/s1. The third-order valence-electron chi connectivity index (χ3n) is 7.90. The van der Waals surface area contributed by atoms with Gasteiger partial charge in [-0.25, -0.2) is 13.9 Å². The summed E-state index contributed by atoms with van der Waals surface area (Å²) in [5, 5.41) is 13.4. The van der Waals surface area contributed by atoms with E-state index in [-0.39, 0.29) is 40.6 Å². The number of rotatable bonds is 7. The summed E-state index contributed by atoms with van der Waals surface area (Å²) in [7, 11) is 0. The molecule has 3 heterocycles. The number of carboxylic acids is 1. The summed E-state index contributed by atoms with van der Waals surface area (Å²) < 4.78 is 21.5. The number of aromatic carboxylic acids is 1. The molecular weight excluding hydrogens is 575 g/mol. The Kier molecular flexibility index (Phi) is 7.96. The Morgan fingerprint density at radius 1 is 0.953 bits per heavy atom. The Bertz CT molecular complexity index is 1700. The Labute approximate surface area is 252 Å². The van der Waals surface area contributed by atoms with Gasteiger partial charge in [-0.1, -0.05) is 41.9 Å². The van der Waals surface area contributed by atoms with E-state index in [0.717, 1.165) is 29.9 Å². The number of carbonyl (C=O) groups excluding carboxylic acids is 2. The van der Waals surface area contributed by atoms with E-state index in [9.17, 15) is 23.9 Å². The van der Waals surface area contributed by atoms with Crippen LogP contribution in [-0.4, -0.2) is 70.3 Å². The first-order valence-corrected chi connectivity index (χ1v) is 14.3. The monoisotopic (exact) mass is 602 g/mol. The number of aromatic nitrogens is 2. The number of benzene rings is 3. The van der Waals surface area contributed by atoms with Crippen molar-refractivity contribution >= 4 is 34.9 Å². The van der Waals surface area contributed by atoms with E-state index in [0.29, 0.717) is 25.2 Å². The van der Waals surface area contributed by atoms with E-state index in [2.05, 4.69) is 10.00 Å². The van der Waals surface area contributed by atoms with Gasteiger partial charge in [0.1, 0.15) is 11.7 Å². The molecule has 0 radical (unpaired) electrons. The van der Waals surface area contributed by atoms with Crippen LogP contribution in [-0.2, 0) is 22.4 Å². The van der Waals surface area contributed by atoms with Crippen molar-refractivity contribution in [1.29, 1.82) is 0 Å². The molecule has 1 amide bonds. The van der Waals surface area contributed by atoms with Crippen LogP contribution in [0.3, 0.4) is 0 Å². The lowest BCUT2D eigenvalue weighted by Gasteiger charge is -2.39. The Hall–Kier alpha value is -4.54. The molecule has 1 fully saturated rings. The maximum Gasteiger partial charge on any atom is 0.335 e. The number of Topliss-reactive ketones (excluding diaryl/α,β-unsaturated/α-hetero) is 1. The highest BCUT2D eigenvalue weighted by molar-refractivity contribution is 6.30. The van der Waals surface area contributed by atoms with Crippen LogP contribution in [0.1, 0.15) is 43.4 Å². The van der Waals surface area contributed by atoms with E-state index in [1.54, 1.807) is 23.1 Å². The number of nitrogens with zero attached hydrogens (tertiary/aromatic N) is 4. The van der Waals surface area contributed by atoms with Crippen LogP contribution in [0.2, 0.25) is 5.02 Å². The van der Waals surface area contributed by atoms with E-state index in [1.165, 1.54) is 41.3 Å². The minimum absolute atomic E-state index is 0.00253. The highest BCUT2D eigenvalue weighted by Crippen LogP contribution is 2.38. The molecule has 1 N–H and O–H groups in total. The van der Waals surface area contributed by atoms with Crippen LogP contribution < -0.4 is 4.90 Å². The van der Waals surface area contributed by atoms with Gasteiger partial charge in [0, 0.05) is 37.9 Å². The zero-order valence-electron chi connectivity index (χ0n) is 23.1. The molecule has 11 heteroatoms. The molecule has 1 aromatic heterocycles. The van der Waals surface area contributed by atoms with Crippen molar-refractivity contribution in [3.8, 4) is 5.69 Å². The van der Waals surface area contributed by atoms with Crippen LogP contribution in [0.25, 0.3) is 5.69 Å². The third kappa shape index (κ3) is 5.63. The number of ketones is 1. The first kappa shape index (κ1) is 28.6. The highest BCUT2D eigenvalue weighted by Gasteiger charge is 2.38. The average Bonchev–Trinajstić information content (AvgIpc) is 3.52. The van der Waals surface area contributed by atoms with E-state index >= 15 is 0 Å². The second kappa shape index (κ2) is 12.0. The molecule has 220 valence electrons. The second-order valence-corrected chi connectivity index (χ2v) is 10.9. The largest absolute Gasteiger partial charge is 0.478 e. The van der Waals surface area contributed by atoms with Crippen molar-refractivity contribution in [2.75, 3.05) is 37.7 Å². The molecule has 0 aliphatic carbocycles. The van der Waals surface area contributed by atoms with Crippen LogP contribution in [0.15, 0.2) is 73.1 Å². The summed E-state index contributed by atoms with van der Waals surface area (Å²) in [5.74, 6) is -2.32. The van der Waals surface area contributed by atoms with Crippen molar-refractivity contribution in [3.05, 3.63) is 112 Å². The number of carboxylic acid groups (broad SMARTS) is 1. The molecule has 1 atom stereocenters. The number of anilines is 1. The summed E-state index contributed by atoms with van der Waals surface area (Å²) in [5.41, 5.74) is 3.87. The van der Waals surface area contributed by atoms with Crippen molar-refractivity contribution in [3.63, 3.8) is 0 Å². The number of halogens is 2. The number of fused-ring (bicyclic) bond motifs is 1. The fraction of sp³-hybridized carbons (Fsp3) is 0.250. The summed E-state index contributed by atoms with van der Waals surface area (Å²) in [6.45, 7) is 2.97. The minimum Gasteiger partial charge on any atom is -0.478 e. The smallest absolute Gasteiger partial charge is 0.335 e. The van der Waals surface area contributed by atoms with Gasteiger partial charge in [0.05, 0.1) is 35.6 Å².